The Morgan fingerprint density at radius 3 is 2.61 bits per heavy atom. The number of rotatable bonds is 12. The zero-order valence-electron chi connectivity index (χ0n) is 18.6. The molecule has 2 atom stereocenters. The van der Waals surface area contributed by atoms with E-state index in [0.29, 0.717) is 31.1 Å². The zero-order chi connectivity index (χ0) is 22.6. The number of hydrogen-bond donors (Lipinski definition) is 4. The molecule has 0 saturated heterocycles. The summed E-state index contributed by atoms with van der Waals surface area (Å²) in [5.74, 6) is -0.406. The molecule has 0 spiro atoms. The summed E-state index contributed by atoms with van der Waals surface area (Å²) in [6.07, 6.45) is 4.56. The molecule has 0 aliphatic heterocycles. The van der Waals surface area contributed by atoms with Crippen molar-refractivity contribution in [2.45, 2.75) is 58.4 Å². The Balaban J connectivity index is 2.05. The van der Waals surface area contributed by atoms with Gasteiger partial charge < -0.3 is 20.5 Å². The van der Waals surface area contributed by atoms with Gasteiger partial charge in [0.15, 0.2) is 0 Å². The van der Waals surface area contributed by atoms with E-state index in [0.717, 1.165) is 31.2 Å². The minimum atomic E-state index is -0.556. The van der Waals surface area contributed by atoms with Crippen LogP contribution in [0, 0.1) is 17.8 Å². The summed E-state index contributed by atoms with van der Waals surface area (Å²) >= 11 is 0. The molecule has 0 bridgehead atoms. The Bertz CT molecular complexity index is 692. The van der Waals surface area contributed by atoms with Crippen LogP contribution in [0.2, 0.25) is 0 Å². The number of nitrogens with one attached hydrogen (secondary N) is 2. The first-order chi connectivity index (χ1) is 14.9. The normalized spacial score (nSPS) is 20.6. The van der Waals surface area contributed by atoms with Crippen LogP contribution in [0.25, 0.3) is 0 Å². The van der Waals surface area contributed by atoms with Crippen molar-refractivity contribution in [2.75, 3.05) is 25.7 Å². The van der Waals surface area contributed by atoms with E-state index in [-0.39, 0.29) is 31.3 Å². The molecule has 2 rings (SSSR count). The molecule has 0 aromatic heterocycles. The average molecular weight is 436 g/mol. The highest BCUT2D eigenvalue weighted by atomic mass is 16.7. The number of amides is 2. The number of hydroxylamine groups is 1. The van der Waals surface area contributed by atoms with E-state index in [4.69, 9.17) is 15.2 Å². The average Bonchev–Trinajstić information content (AvgIpc) is 2.76. The summed E-state index contributed by atoms with van der Waals surface area (Å²) in [6.45, 7) is 4.96. The predicted octanol–water partition coefficient (Wildman–Crippen LogP) is 2.64. The summed E-state index contributed by atoms with van der Waals surface area (Å²) < 4.78 is 10.8. The third kappa shape index (κ3) is 8.85. The highest BCUT2D eigenvalue weighted by molar-refractivity contribution is 5.80. The van der Waals surface area contributed by atoms with E-state index < -0.39 is 11.8 Å². The number of carbonyl (C=O) groups excluding carboxylic acids is 2. The van der Waals surface area contributed by atoms with Crippen molar-refractivity contribution in [2.24, 2.45) is 17.8 Å². The Hall–Kier alpha value is -2.16. The molecule has 5 N–H and O–H groups in total. The lowest BCUT2D eigenvalue weighted by atomic mass is 9.82. The van der Waals surface area contributed by atoms with Crippen molar-refractivity contribution < 1.29 is 24.3 Å². The smallest absolute Gasteiger partial charge is 0.246 e. The fraction of sp³-hybridized carbons (Fsp3) is 0.652. The molecular weight excluding hydrogens is 398 g/mol. The monoisotopic (exact) mass is 435 g/mol. The largest absolute Gasteiger partial charge is 0.399 e. The van der Waals surface area contributed by atoms with Gasteiger partial charge in [-0.15, -0.1) is 0 Å². The Morgan fingerprint density at radius 1 is 1.23 bits per heavy atom. The lowest BCUT2D eigenvalue weighted by Gasteiger charge is -2.29. The van der Waals surface area contributed by atoms with Crippen molar-refractivity contribution in [1.29, 1.82) is 0 Å². The first-order valence-electron chi connectivity index (χ1n) is 11.2. The number of carbonyl (C=O) groups is 2. The Kier molecular flexibility index (Phi) is 10.8. The number of anilines is 1. The maximum absolute atomic E-state index is 12.9. The van der Waals surface area contributed by atoms with E-state index in [9.17, 15) is 14.8 Å². The van der Waals surface area contributed by atoms with Crippen LogP contribution >= 0.6 is 0 Å². The molecular formula is C23H37N3O5. The summed E-state index contributed by atoms with van der Waals surface area (Å²) in [7, 11) is 0. The minimum Gasteiger partial charge on any atom is -0.399 e. The van der Waals surface area contributed by atoms with Crippen LogP contribution in [0.3, 0.4) is 0 Å². The van der Waals surface area contributed by atoms with Gasteiger partial charge in [0.2, 0.25) is 11.8 Å². The fourth-order valence-electron chi connectivity index (χ4n) is 4.06. The van der Waals surface area contributed by atoms with Crippen LogP contribution in [0.4, 0.5) is 5.69 Å². The second kappa shape index (κ2) is 13.3. The number of benzene rings is 1. The molecule has 1 aliphatic carbocycles. The van der Waals surface area contributed by atoms with Gasteiger partial charge >= 0.3 is 0 Å². The molecule has 8 heteroatoms. The molecule has 0 heterocycles. The van der Waals surface area contributed by atoms with E-state index in [1.165, 1.54) is 0 Å². The van der Waals surface area contributed by atoms with Gasteiger partial charge in [0, 0.05) is 24.1 Å². The van der Waals surface area contributed by atoms with Crippen molar-refractivity contribution >= 4 is 17.5 Å². The standard InChI is InChI=1S/C23H37N3O5/c1-3-30-15-31-14-21(25-22(27)18-9-7-16(2)8-10-18)13-19(23(28)26-29)11-17-5-4-6-20(24)12-17/h4-6,12,16,18-19,21,29H,3,7-11,13-15,24H2,1-2H3,(H,25,27)(H,26,28)/t16?,18?,19-,21-/m0/s1. The number of nitrogens with two attached hydrogens (primary N) is 1. The summed E-state index contributed by atoms with van der Waals surface area (Å²) in [4.78, 5) is 25.2. The van der Waals surface area contributed by atoms with Crippen molar-refractivity contribution in [1.82, 2.24) is 10.8 Å². The maximum atomic E-state index is 12.9. The summed E-state index contributed by atoms with van der Waals surface area (Å²) in [5, 5.41) is 12.3. The number of nitrogen functional groups attached to an aromatic ring is 1. The van der Waals surface area contributed by atoms with Gasteiger partial charge in [-0.1, -0.05) is 19.1 Å². The quantitative estimate of drug-likeness (QED) is 0.132. The first kappa shape index (κ1) is 25.1. The molecule has 1 aromatic carbocycles. The number of ether oxygens (including phenoxy) is 2. The van der Waals surface area contributed by atoms with Crippen LogP contribution in [-0.4, -0.2) is 43.1 Å². The second-order valence-corrected chi connectivity index (χ2v) is 8.50. The van der Waals surface area contributed by atoms with Gasteiger partial charge in [-0.3, -0.25) is 14.8 Å². The van der Waals surface area contributed by atoms with Gasteiger partial charge in [0.25, 0.3) is 0 Å². The Labute approximate surface area is 184 Å². The van der Waals surface area contributed by atoms with E-state index in [1.807, 2.05) is 19.1 Å². The van der Waals surface area contributed by atoms with Crippen molar-refractivity contribution in [3.63, 3.8) is 0 Å². The van der Waals surface area contributed by atoms with Gasteiger partial charge in [-0.2, -0.15) is 0 Å². The SMILES string of the molecule is CCOCOC[C@H](C[C@H](Cc1cccc(N)c1)C(=O)NO)NC(=O)C1CCC(C)CC1. The molecule has 0 radical (unpaired) electrons. The van der Waals surface area contributed by atoms with Crippen molar-refractivity contribution in [3.8, 4) is 0 Å². The van der Waals surface area contributed by atoms with Gasteiger partial charge in [-0.05, 0) is 69.1 Å². The zero-order valence-corrected chi connectivity index (χ0v) is 18.6. The Morgan fingerprint density at radius 2 is 1.97 bits per heavy atom. The molecule has 31 heavy (non-hydrogen) atoms. The fourth-order valence-corrected chi connectivity index (χ4v) is 4.06. The summed E-state index contributed by atoms with van der Waals surface area (Å²) in [5.41, 5.74) is 9.10. The highest BCUT2D eigenvalue weighted by Crippen LogP contribution is 2.28. The van der Waals surface area contributed by atoms with Crippen LogP contribution in [-0.2, 0) is 25.5 Å². The molecule has 2 amide bonds. The lowest BCUT2D eigenvalue weighted by molar-refractivity contribution is -0.135. The van der Waals surface area contributed by atoms with Crippen LogP contribution < -0.4 is 16.5 Å². The highest BCUT2D eigenvalue weighted by Gasteiger charge is 2.29. The van der Waals surface area contributed by atoms with Crippen LogP contribution in [0.1, 0.15) is 51.5 Å². The van der Waals surface area contributed by atoms with Gasteiger partial charge in [0.1, 0.15) is 6.79 Å². The molecule has 1 saturated carbocycles. The second-order valence-electron chi connectivity index (χ2n) is 8.50. The van der Waals surface area contributed by atoms with Crippen molar-refractivity contribution in [3.05, 3.63) is 29.8 Å². The first-order valence-corrected chi connectivity index (χ1v) is 11.2. The van der Waals surface area contributed by atoms with E-state index in [1.54, 1.807) is 17.6 Å². The predicted molar refractivity (Wildman–Crippen MR) is 118 cm³/mol. The van der Waals surface area contributed by atoms with E-state index in [2.05, 4.69) is 12.2 Å². The summed E-state index contributed by atoms with van der Waals surface area (Å²) in [6, 6.07) is 6.92. The lowest BCUT2D eigenvalue weighted by Crippen LogP contribution is -2.45. The van der Waals surface area contributed by atoms with Crippen LogP contribution in [0.15, 0.2) is 24.3 Å². The number of hydrogen-bond acceptors (Lipinski definition) is 6. The molecule has 0 unspecified atom stereocenters. The topological polar surface area (TPSA) is 123 Å². The molecule has 8 nitrogen and oxygen atoms in total. The van der Waals surface area contributed by atoms with Gasteiger partial charge in [-0.25, -0.2) is 5.48 Å². The van der Waals surface area contributed by atoms with Crippen LogP contribution in [0.5, 0.6) is 0 Å². The molecule has 1 aromatic rings. The molecule has 1 fully saturated rings. The molecule has 174 valence electrons. The minimum absolute atomic E-state index is 0.00372. The van der Waals surface area contributed by atoms with Gasteiger partial charge in [0.05, 0.1) is 12.6 Å². The molecule has 1 aliphatic rings. The third-order valence-electron chi connectivity index (χ3n) is 5.91. The van der Waals surface area contributed by atoms with E-state index >= 15 is 0 Å². The third-order valence-corrected chi connectivity index (χ3v) is 5.91. The maximum Gasteiger partial charge on any atom is 0.246 e.